The fraction of sp³-hybridized carbons (Fsp3) is 0. The van der Waals surface area contributed by atoms with Crippen LogP contribution in [0.2, 0.25) is 0 Å². The fourth-order valence-corrected chi connectivity index (χ4v) is 11.3. The number of fused-ring (bicyclic) bond motifs is 9. The molecule has 13 aromatic rings. The minimum atomic E-state index is 0.900. The van der Waals surface area contributed by atoms with E-state index in [1.807, 2.05) is 17.4 Å². The summed E-state index contributed by atoms with van der Waals surface area (Å²) in [6.45, 7) is 0. The number of rotatable bonds is 7. The summed E-state index contributed by atoms with van der Waals surface area (Å²) in [4.78, 5) is 2.48. The Kier molecular flexibility index (Phi) is 8.75. The molecule has 65 heavy (non-hydrogen) atoms. The van der Waals surface area contributed by atoms with Gasteiger partial charge in [-0.3, -0.25) is 0 Å². The Labute approximate surface area is 380 Å². The third-order valence-corrected chi connectivity index (χ3v) is 14.3. The summed E-state index contributed by atoms with van der Waals surface area (Å²) in [6.07, 6.45) is 0. The van der Waals surface area contributed by atoms with Crippen LogP contribution in [0, 0.1) is 0 Å². The summed E-state index contributed by atoms with van der Waals surface area (Å²) < 4.78 is 9.16. The number of furan rings is 1. The van der Waals surface area contributed by atoms with E-state index in [1.54, 1.807) is 0 Å². The zero-order valence-corrected chi connectivity index (χ0v) is 36.1. The van der Waals surface area contributed by atoms with Gasteiger partial charge in [-0.05, 0) is 92.0 Å². The smallest absolute Gasteiger partial charge is 0.143 e. The van der Waals surface area contributed by atoms with E-state index in [0.29, 0.717) is 0 Å². The topological polar surface area (TPSA) is 16.4 Å². The van der Waals surface area contributed by atoms with E-state index >= 15 is 0 Å². The Morgan fingerprint density at radius 2 is 0.846 bits per heavy atom. The third kappa shape index (κ3) is 6.16. The maximum Gasteiger partial charge on any atom is 0.143 e. The van der Waals surface area contributed by atoms with Gasteiger partial charge in [0.25, 0.3) is 0 Å². The monoisotopic (exact) mass is 845 g/mol. The lowest BCUT2D eigenvalue weighted by atomic mass is 9.88. The van der Waals surface area contributed by atoms with Crippen LogP contribution in [0.25, 0.3) is 108 Å². The maximum atomic E-state index is 6.53. The van der Waals surface area contributed by atoms with Gasteiger partial charge in [-0.25, -0.2) is 0 Å². The van der Waals surface area contributed by atoms with Crippen LogP contribution in [0.1, 0.15) is 0 Å². The van der Waals surface area contributed by atoms with Crippen molar-refractivity contribution in [3.63, 3.8) is 0 Å². The average molecular weight is 846 g/mol. The van der Waals surface area contributed by atoms with Gasteiger partial charge in [-0.15, -0.1) is 11.3 Å². The maximum absolute atomic E-state index is 6.53. The highest BCUT2D eigenvalue weighted by atomic mass is 32.1. The van der Waals surface area contributed by atoms with Crippen LogP contribution < -0.4 is 4.90 Å². The van der Waals surface area contributed by atoms with Crippen LogP contribution in [-0.2, 0) is 0 Å². The first-order valence-corrected chi connectivity index (χ1v) is 23.0. The highest BCUT2D eigenvalue weighted by Gasteiger charge is 2.25. The quantitative estimate of drug-likeness (QED) is 0.149. The summed E-state index contributed by atoms with van der Waals surface area (Å²) in [5.41, 5.74) is 14.4. The molecule has 13 rings (SSSR count). The van der Waals surface area contributed by atoms with E-state index in [-0.39, 0.29) is 0 Å². The van der Waals surface area contributed by atoms with Crippen molar-refractivity contribution < 1.29 is 4.42 Å². The largest absolute Gasteiger partial charge is 0.455 e. The lowest BCUT2D eigenvalue weighted by molar-refractivity contribution is 0.670. The van der Waals surface area contributed by atoms with Crippen molar-refractivity contribution >= 4 is 92.1 Å². The molecule has 2 aromatic heterocycles. The van der Waals surface area contributed by atoms with Gasteiger partial charge < -0.3 is 9.32 Å². The summed E-state index contributed by atoms with van der Waals surface area (Å²) in [5, 5.41) is 9.70. The predicted molar refractivity (Wildman–Crippen MR) is 278 cm³/mol. The van der Waals surface area contributed by atoms with Gasteiger partial charge in [-0.2, -0.15) is 0 Å². The van der Waals surface area contributed by atoms with Gasteiger partial charge in [0.15, 0.2) is 0 Å². The first-order valence-electron chi connectivity index (χ1n) is 22.2. The van der Waals surface area contributed by atoms with Crippen LogP contribution >= 0.6 is 11.3 Å². The molecule has 0 aliphatic carbocycles. The first-order chi connectivity index (χ1) is 32.2. The second-order valence-corrected chi connectivity index (χ2v) is 17.8. The molecule has 0 radical (unpaired) electrons. The lowest BCUT2D eigenvalue weighted by Gasteiger charge is -2.31. The Bertz CT molecular complexity index is 3780. The molecule has 0 unspecified atom stereocenters. The fourth-order valence-electron chi connectivity index (χ4n) is 10.1. The molecule has 0 amide bonds. The highest BCUT2D eigenvalue weighted by Crippen LogP contribution is 2.51. The van der Waals surface area contributed by atoms with Crippen molar-refractivity contribution in [3.05, 3.63) is 237 Å². The molecule has 0 saturated heterocycles. The molecule has 0 saturated carbocycles. The third-order valence-electron chi connectivity index (χ3n) is 13.1. The SMILES string of the molecule is c1ccc(-c2cccc(-c3c(N(c4ccc(-c5cccc6c5oc5ccccc56)cc4)c4ccc(-c5cccc6c5sc5ccccc56)cc4)c4ccccc4c4ccccc34)c2)cc1. The molecule has 0 fully saturated rings. The van der Waals surface area contributed by atoms with E-state index in [4.69, 9.17) is 4.42 Å². The normalized spacial score (nSPS) is 11.7. The van der Waals surface area contributed by atoms with E-state index in [0.717, 1.165) is 55.7 Å². The number of nitrogens with zero attached hydrogens (tertiary/aromatic N) is 1. The van der Waals surface area contributed by atoms with Crippen LogP contribution in [0.5, 0.6) is 0 Å². The molecule has 0 aliphatic rings. The Morgan fingerprint density at radius 1 is 0.323 bits per heavy atom. The summed E-state index contributed by atoms with van der Waals surface area (Å²) in [5.74, 6) is 0. The van der Waals surface area contributed by atoms with Gasteiger partial charge in [0.2, 0.25) is 0 Å². The van der Waals surface area contributed by atoms with Gasteiger partial charge >= 0.3 is 0 Å². The van der Waals surface area contributed by atoms with Crippen LogP contribution in [0.15, 0.2) is 241 Å². The van der Waals surface area contributed by atoms with E-state index in [2.05, 4.69) is 235 Å². The van der Waals surface area contributed by atoms with Crippen LogP contribution in [-0.4, -0.2) is 0 Å². The Hall–Kier alpha value is -8.24. The second kappa shape index (κ2) is 15.2. The summed E-state index contributed by atoms with van der Waals surface area (Å²) in [7, 11) is 0. The van der Waals surface area contributed by atoms with Gasteiger partial charge in [-0.1, -0.05) is 194 Å². The molecule has 2 nitrogen and oxygen atoms in total. The first kappa shape index (κ1) is 37.3. The van der Waals surface area contributed by atoms with Crippen molar-refractivity contribution in [2.24, 2.45) is 0 Å². The van der Waals surface area contributed by atoms with Crippen molar-refractivity contribution in [3.8, 4) is 44.5 Å². The molecule has 3 heteroatoms. The molecule has 0 N–H and O–H groups in total. The van der Waals surface area contributed by atoms with Crippen LogP contribution in [0.3, 0.4) is 0 Å². The predicted octanol–water partition coefficient (Wildman–Crippen LogP) is 18.4. The molecule has 2 heterocycles. The highest BCUT2D eigenvalue weighted by molar-refractivity contribution is 7.26. The molecule has 11 aromatic carbocycles. The van der Waals surface area contributed by atoms with Gasteiger partial charge in [0.1, 0.15) is 11.2 Å². The van der Waals surface area contributed by atoms with Crippen molar-refractivity contribution in [1.29, 1.82) is 0 Å². The number of hydrogen-bond donors (Lipinski definition) is 0. The number of benzene rings is 11. The Balaban J connectivity index is 1.05. The number of para-hydroxylation sites is 2. The number of hydrogen-bond acceptors (Lipinski definition) is 3. The van der Waals surface area contributed by atoms with Crippen molar-refractivity contribution in [2.45, 2.75) is 0 Å². The van der Waals surface area contributed by atoms with E-state index in [9.17, 15) is 0 Å². The molecule has 0 aliphatic heterocycles. The lowest BCUT2D eigenvalue weighted by Crippen LogP contribution is -2.12. The minimum absolute atomic E-state index is 0.900. The second-order valence-electron chi connectivity index (χ2n) is 16.8. The molecular weight excluding hydrogens is 807 g/mol. The molecule has 0 bridgehead atoms. The standard InChI is InChI=1S/C62H39NOS/c1-2-15-40(16-3-1)43-17-12-18-44(39-43)59-53-23-6-4-19-49(53)50-20-5-7-24-54(50)60(59)63(45-35-31-41(32-36-45)47-25-13-27-55-51-21-8-10-29-57(51)64-61(47)55)46-37-33-42(34-38-46)48-26-14-28-56-52-22-9-11-30-58(52)65-62(48)56/h1-39H. The van der Waals surface area contributed by atoms with Crippen molar-refractivity contribution in [2.75, 3.05) is 4.90 Å². The molecule has 304 valence electrons. The summed E-state index contributed by atoms with van der Waals surface area (Å²) >= 11 is 1.87. The number of anilines is 3. The van der Waals surface area contributed by atoms with Gasteiger partial charge in [0, 0.05) is 58.8 Å². The molecule has 0 spiro atoms. The zero-order valence-electron chi connectivity index (χ0n) is 35.3. The van der Waals surface area contributed by atoms with Crippen LogP contribution in [0.4, 0.5) is 17.1 Å². The van der Waals surface area contributed by atoms with Gasteiger partial charge in [0.05, 0.1) is 5.69 Å². The van der Waals surface area contributed by atoms with E-state index in [1.165, 1.54) is 69.5 Å². The van der Waals surface area contributed by atoms with E-state index < -0.39 is 0 Å². The summed E-state index contributed by atoms with van der Waals surface area (Å²) in [6, 6.07) is 86.0. The molecular formula is C62H39NOS. The van der Waals surface area contributed by atoms with Crippen molar-refractivity contribution in [1.82, 2.24) is 0 Å². The average Bonchev–Trinajstić information content (AvgIpc) is 3.96. The minimum Gasteiger partial charge on any atom is -0.455 e. The number of thiophene rings is 1. The molecule has 0 atom stereocenters. The zero-order chi connectivity index (χ0) is 42.8. The Morgan fingerprint density at radius 3 is 1.60 bits per heavy atom.